The third-order valence-corrected chi connectivity index (χ3v) is 3.79. The smallest absolute Gasteiger partial charge is 0.125 e. The van der Waals surface area contributed by atoms with Gasteiger partial charge in [-0.15, -0.1) is 0 Å². The van der Waals surface area contributed by atoms with Crippen LogP contribution in [-0.4, -0.2) is 5.11 Å². The molecule has 0 radical (unpaired) electrons. The molecule has 1 unspecified atom stereocenters. The van der Waals surface area contributed by atoms with Crippen molar-refractivity contribution in [1.82, 2.24) is 0 Å². The summed E-state index contributed by atoms with van der Waals surface area (Å²) in [5.74, 6) is -0.487. The van der Waals surface area contributed by atoms with Crippen molar-refractivity contribution in [3.05, 3.63) is 68.4 Å². The van der Waals surface area contributed by atoms with Gasteiger partial charge in [-0.3, -0.25) is 0 Å². The Balaban J connectivity index is 2.25. The van der Waals surface area contributed by atoms with Crippen LogP contribution in [-0.2, 0) is 6.42 Å². The van der Waals surface area contributed by atoms with Crippen LogP contribution in [0.15, 0.2) is 36.4 Å². The summed E-state index contributed by atoms with van der Waals surface area (Å²) < 4.78 is 13.2. The van der Waals surface area contributed by atoms with E-state index >= 15 is 0 Å². The molecule has 0 aliphatic rings. The van der Waals surface area contributed by atoms with Crippen LogP contribution in [0, 0.1) is 5.82 Å². The highest BCUT2D eigenvalue weighted by Gasteiger charge is 2.13. The van der Waals surface area contributed by atoms with Gasteiger partial charge in [-0.2, -0.15) is 0 Å². The Morgan fingerprint density at radius 1 is 1.11 bits per heavy atom. The molecule has 0 aromatic heterocycles. The molecule has 0 bridgehead atoms. The lowest BCUT2D eigenvalue weighted by molar-refractivity contribution is 0.178. The molecule has 0 spiro atoms. The van der Waals surface area contributed by atoms with Gasteiger partial charge in [0.05, 0.1) is 16.1 Å². The molecule has 0 fully saturated rings. The Hall–Kier alpha value is -0.800. The van der Waals surface area contributed by atoms with Crippen LogP contribution in [0.4, 0.5) is 4.39 Å². The van der Waals surface area contributed by atoms with Crippen LogP contribution in [0.5, 0.6) is 0 Å². The van der Waals surface area contributed by atoms with E-state index in [0.717, 1.165) is 0 Å². The first kappa shape index (κ1) is 14.6. The summed E-state index contributed by atoms with van der Waals surface area (Å²) >= 11 is 17.7. The van der Waals surface area contributed by atoms with Crippen LogP contribution in [0.1, 0.15) is 17.2 Å². The number of rotatable bonds is 3. The maximum atomic E-state index is 13.2. The van der Waals surface area contributed by atoms with Crippen LogP contribution < -0.4 is 0 Å². The Morgan fingerprint density at radius 2 is 1.84 bits per heavy atom. The molecule has 5 heteroatoms. The molecule has 2 rings (SSSR count). The fraction of sp³-hybridized carbons (Fsp3) is 0.143. The van der Waals surface area contributed by atoms with Crippen molar-refractivity contribution in [2.45, 2.75) is 12.5 Å². The largest absolute Gasteiger partial charge is 0.388 e. The summed E-state index contributed by atoms with van der Waals surface area (Å²) in [5, 5.41) is 11.2. The molecular weight excluding hydrogens is 310 g/mol. The number of aliphatic hydroxyl groups excluding tert-OH is 1. The van der Waals surface area contributed by atoms with Crippen LogP contribution >= 0.6 is 34.8 Å². The number of hydrogen-bond acceptors (Lipinski definition) is 1. The summed E-state index contributed by atoms with van der Waals surface area (Å²) in [4.78, 5) is 0. The number of aliphatic hydroxyl groups is 1. The molecule has 1 nitrogen and oxygen atoms in total. The second kappa shape index (κ2) is 6.10. The fourth-order valence-electron chi connectivity index (χ4n) is 1.80. The average molecular weight is 320 g/mol. The Bertz CT molecular complexity index is 581. The summed E-state index contributed by atoms with van der Waals surface area (Å²) in [5.41, 5.74) is 1.10. The standard InChI is InChI=1S/C14H10Cl3FO/c15-10-4-9(5-11(18)7-10)13(19)6-8-2-1-3-12(16)14(8)17/h1-5,7,13,19H,6H2. The van der Waals surface area contributed by atoms with Crippen molar-refractivity contribution in [3.8, 4) is 0 Å². The van der Waals surface area contributed by atoms with Crippen molar-refractivity contribution >= 4 is 34.8 Å². The van der Waals surface area contributed by atoms with E-state index in [9.17, 15) is 9.50 Å². The molecule has 1 N–H and O–H groups in total. The van der Waals surface area contributed by atoms with Crippen LogP contribution in [0.25, 0.3) is 0 Å². The van der Waals surface area contributed by atoms with Gasteiger partial charge in [0.2, 0.25) is 0 Å². The van der Waals surface area contributed by atoms with Crippen molar-refractivity contribution in [2.75, 3.05) is 0 Å². The minimum atomic E-state index is -0.899. The Kier molecular flexibility index (Phi) is 4.69. The lowest BCUT2D eigenvalue weighted by Crippen LogP contribution is -2.03. The highest BCUT2D eigenvalue weighted by atomic mass is 35.5. The molecular formula is C14H10Cl3FO. The maximum absolute atomic E-state index is 13.2. The van der Waals surface area contributed by atoms with Gasteiger partial charge in [-0.1, -0.05) is 46.9 Å². The van der Waals surface area contributed by atoms with Crippen molar-refractivity contribution < 1.29 is 9.50 Å². The first-order valence-corrected chi connectivity index (χ1v) is 6.67. The first-order valence-electron chi connectivity index (χ1n) is 5.54. The lowest BCUT2D eigenvalue weighted by atomic mass is 10.0. The molecule has 0 aliphatic carbocycles. The van der Waals surface area contributed by atoms with E-state index in [2.05, 4.69) is 0 Å². The van der Waals surface area contributed by atoms with Crippen molar-refractivity contribution in [3.63, 3.8) is 0 Å². The van der Waals surface area contributed by atoms with E-state index in [4.69, 9.17) is 34.8 Å². The van der Waals surface area contributed by atoms with Gasteiger partial charge in [0.25, 0.3) is 0 Å². The van der Waals surface area contributed by atoms with E-state index in [1.54, 1.807) is 18.2 Å². The normalized spacial score (nSPS) is 12.5. The third kappa shape index (κ3) is 3.61. The Morgan fingerprint density at radius 3 is 2.53 bits per heavy atom. The van der Waals surface area contributed by atoms with Gasteiger partial charge >= 0.3 is 0 Å². The van der Waals surface area contributed by atoms with Crippen LogP contribution in [0.3, 0.4) is 0 Å². The molecule has 0 heterocycles. The lowest BCUT2D eigenvalue weighted by Gasteiger charge is -2.13. The molecule has 0 aliphatic heterocycles. The monoisotopic (exact) mass is 318 g/mol. The van der Waals surface area contributed by atoms with Gasteiger partial charge < -0.3 is 5.11 Å². The molecule has 0 amide bonds. The minimum Gasteiger partial charge on any atom is -0.388 e. The number of halogens is 4. The van der Waals surface area contributed by atoms with E-state index < -0.39 is 11.9 Å². The molecule has 2 aromatic rings. The summed E-state index contributed by atoms with van der Waals surface area (Å²) in [6.45, 7) is 0. The second-order valence-corrected chi connectivity index (χ2v) is 5.36. The highest BCUT2D eigenvalue weighted by molar-refractivity contribution is 6.42. The Labute approximate surface area is 125 Å². The SMILES string of the molecule is OC(Cc1cccc(Cl)c1Cl)c1cc(F)cc(Cl)c1. The molecule has 1 atom stereocenters. The molecule has 0 saturated carbocycles. The second-order valence-electron chi connectivity index (χ2n) is 4.14. The van der Waals surface area contributed by atoms with Crippen molar-refractivity contribution in [2.24, 2.45) is 0 Å². The fourth-order valence-corrected chi connectivity index (χ4v) is 2.43. The van der Waals surface area contributed by atoms with Crippen LogP contribution in [0.2, 0.25) is 15.1 Å². The van der Waals surface area contributed by atoms with E-state index in [1.165, 1.54) is 18.2 Å². The minimum absolute atomic E-state index is 0.235. The van der Waals surface area contributed by atoms with Crippen molar-refractivity contribution in [1.29, 1.82) is 0 Å². The quantitative estimate of drug-likeness (QED) is 0.838. The predicted octanol–water partition coefficient (Wildman–Crippen LogP) is 5.06. The zero-order valence-electron chi connectivity index (χ0n) is 9.71. The summed E-state index contributed by atoms with van der Waals surface area (Å²) in [6.07, 6.45) is -0.664. The molecule has 2 aromatic carbocycles. The van der Waals surface area contributed by atoms with Gasteiger partial charge in [0.15, 0.2) is 0 Å². The third-order valence-electron chi connectivity index (χ3n) is 2.71. The van der Waals surface area contributed by atoms with Gasteiger partial charge in [-0.25, -0.2) is 4.39 Å². The number of benzene rings is 2. The van der Waals surface area contributed by atoms with Gasteiger partial charge in [0, 0.05) is 11.4 Å². The van der Waals surface area contributed by atoms with E-state index in [0.29, 0.717) is 21.2 Å². The van der Waals surface area contributed by atoms with Gasteiger partial charge in [0.1, 0.15) is 5.82 Å². The van der Waals surface area contributed by atoms with E-state index in [-0.39, 0.29) is 11.4 Å². The van der Waals surface area contributed by atoms with E-state index in [1.807, 2.05) is 0 Å². The summed E-state index contributed by atoms with van der Waals surface area (Å²) in [7, 11) is 0. The van der Waals surface area contributed by atoms with Gasteiger partial charge in [-0.05, 0) is 35.4 Å². The molecule has 19 heavy (non-hydrogen) atoms. The topological polar surface area (TPSA) is 20.2 Å². The number of hydrogen-bond donors (Lipinski definition) is 1. The predicted molar refractivity (Wildman–Crippen MR) is 76.5 cm³/mol. The molecule has 100 valence electrons. The summed E-state index contributed by atoms with van der Waals surface area (Å²) in [6, 6.07) is 9.12. The molecule has 0 saturated heterocycles. The zero-order chi connectivity index (χ0) is 14.0. The average Bonchev–Trinajstić information content (AvgIpc) is 2.33. The maximum Gasteiger partial charge on any atom is 0.125 e. The zero-order valence-corrected chi connectivity index (χ0v) is 12.0. The highest BCUT2D eigenvalue weighted by Crippen LogP contribution is 2.30. The first-order chi connectivity index (χ1) is 8.97.